The van der Waals surface area contributed by atoms with E-state index in [2.05, 4.69) is 5.32 Å². The molecule has 1 aromatic carbocycles. The van der Waals surface area contributed by atoms with E-state index in [0.29, 0.717) is 19.4 Å². The highest BCUT2D eigenvalue weighted by molar-refractivity contribution is 7.89. The second-order valence-electron chi connectivity index (χ2n) is 5.18. The van der Waals surface area contributed by atoms with Crippen molar-refractivity contribution in [3.8, 4) is 0 Å². The van der Waals surface area contributed by atoms with Crippen molar-refractivity contribution in [3.63, 3.8) is 0 Å². The summed E-state index contributed by atoms with van der Waals surface area (Å²) in [6.07, 6.45) is 1.42. The van der Waals surface area contributed by atoms with Gasteiger partial charge in [-0.05, 0) is 44.0 Å². The predicted molar refractivity (Wildman–Crippen MR) is 77.5 cm³/mol. The lowest BCUT2D eigenvalue weighted by molar-refractivity contribution is 0.428. The molecule has 0 bridgehead atoms. The predicted octanol–water partition coefficient (Wildman–Crippen LogP) is 1.51. The van der Waals surface area contributed by atoms with Crippen molar-refractivity contribution in [2.24, 2.45) is 0 Å². The molecule has 0 aliphatic carbocycles. The number of nitrogens with one attached hydrogen (secondary N) is 1. The average molecular weight is 282 g/mol. The Bertz CT molecular complexity index is 522. The molecule has 1 aliphatic rings. The highest BCUT2D eigenvalue weighted by atomic mass is 32.2. The fraction of sp³-hybridized carbons (Fsp3) is 0.571. The molecule has 1 aromatic rings. The molecule has 1 aliphatic heterocycles. The third kappa shape index (κ3) is 3.35. The normalized spacial score (nSPS) is 17.8. The Labute approximate surface area is 115 Å². The van der Waals surface area contributed by atoms with Gasteiger partial charge in [0.2, 0.25) is 10.0 Å². The Hall–Kier alpha value is -0.910. The number of sulfonamides is 1. The van der Waals surface area contributed by atoms with Gasteiger partial charge >= 0.3 is 0 Å². The lowest BCUT2D eigenvalue weighted by Gasteiger charge is -2.28. The minimum atomic E-state index is -3.18. The third-order valence-corrected chi connectivity index (χ3v) is 6.11. The molecule has 0 atom stereocenters. The van der Waals surface area contributed by atoms with Crippen LogP contribution in [0.15, 0.2) is 24.3 Å². The number of hydrogen-bond donors (Lipinski definition) is 1. The van der Waals surface area contributed by atoms with Gasteiger partial charge in [-0.1, -0.05) is 24.3 Å². The van der Waals surface area contributed by atoms with E-state index in [9.17, 15) is 8.42 Å². The Morgan fingerprint density at radius 3 is 2.53 bits per heavy atom. The molecule has 1 saturated heterocycles. The Balaban J connectivity index is 2.10. The second-order valence-corrected chi connectivity index (χ2v) is 7.50. The van der Waals surface area contributed by atoms with Crippen molar-refractivity contribution in [3.05, 3.63) is 35.4 Å². The van der Waals surface area contributed by atoms with Gasteiger partial charge in [-0.15, -0.1) is 0 Å². The van der Waals surface area contributed by atoms with Crippen LogP contribution in [0.5, 0.6) is 0 Å². The number of benzene rings is 1. The highest BCUT2D eigenvalue weighted by Gasteiger charge is 2.30. The summed E-state index contributed by atoms with van der Waals surface area (Å²) in [5.74, 6) is 0. The molecule has 1 heterocycles. The Kier molecular flexibility index (Phi) is 4.60. The van der Waals surface area contributed by atoms with E-state index in [1.165, 1.54) is 4.31 Å². The smallest absolute Gasteiger partial charge is 0.217 e. The van der Waals surface area contributed by atoms with E-state index in [1.54, 1.807) is 7.05 Å². The molecule has 1 fully saturated rings. The monoisotopic (exact) mass is 282 g/mol. The summed E-state index contributed by atoms with van der Waals surface area (Å²) in [7, 11) is -1.50. The molecule has 2 rings (SSSR count). The topological polar surface area (TPSA) is 49.4 Å². The average Bonchev–Trinajstić information content (AvgIpc) is 2.42. The molecule has 0 unspecified atom stereocenters. The third-order valence-electron chi connectivity index (χ3n) is 3.80. The zero-order valence-corrected chi connectivity index (χ0v) is 12.4. The van der Waals surface area contributed by atoms with Crippen molar-refractivity contribution in [1.29, 1.82) is 0 Å². The lowest BCUT2D eigenvalue weighted by atomic mass is 10.1. The molecule has 4 nitrogen and oxygen atoms in total. The molecular weight excluding hydrogens is 260 g/mol. The van der Waals surface area contributed by atoms with Gasteiger partial charge in [0.1, 0.15) is 0 Å². The van der Waals surface area contributed by atoms with Crippen molar-refractivity contribution in [2.45, 2.75) is 31.6 Å². The Morgan fingerprint density at radius 2 is 1.89 bits per heavy atom. The van der Waals surface area contributed by atoms with Gasteiger partial charge in [0.05, 0.1) is 5.25 Å². The highest BCUT2D eigenvalue weighted by Crippen LogP contribution is 2.19. The summed E-state index contributed by atoms with van der Waals surface area (Å²) < 4.78 is 26.5. The van der Waals surface area contributed by atoms with Gasteiger partial charge in [-0.2, -0.15) is 0 Å². The molecule has 0 saturated carbocycles. The SMILES string of the molecule is Cc1ccccc1CN(C)S(=O)(=O)C1CCNCC1. The van der Waals surface area contributed by atoms with E-state index in [0.717, 1.165) is 24.2 Å². The summed E-state index contributed by atoms with van der Waals surface area (Å²) >= 11 is 0. The first-order valence-electron chi connectivity index (χ1n) is 6.72. The largest absolute Gasteiger partial charge is 0.317 e. The first-order chi connectivity index (χ1) is 9.01. The maximum atomic E-state index is 12.5. The summed E-state index contributed by atoms with van der Waals surface area (Å²) in [6.45, 7) is 4.06. The molecule has 5 heteroatoms. The fourth-order valence-corrected chi connectivity index (χ4v) is 4.12. The molecule has 1 N–H and O–H groups in total. The minimum Gasteiger partial charge on any atom is -0.317 e. The lowest BCUT2D eigenvalue weighted by Crippen LogP contribution is -2.42. The number of piperidine rings is 1. The summed E-state index contributed by atoms with van der Waals surface area (Å²) in [4.78, 5) is 0. The maximum Gasteiger partial charge on any atom is 0.217 e. The number of hydrogen-bond acceptors (Lipinski definition) is 3. The number of aryl methyl sites for hydroxylation is 1. The van der Waals surface area contributed by atoms with Crippen LogP contribution in [0.1, 0.15) is 24.0 Å². The molecular formula is C14H22N2O2S. The summed E-state index contributed by atoms with van der Waals surface area (Å²) in [5.41, 5.74) is 2.21. The van der Waals surface area contributed by atoms with E-state index in [-0.39, 0.29) is 5.25 Å². The maximum absolute atomic E-state index is 12.5. The van der Waals surface area contributed by atoms with Crippen LogP contribution in [-0.4, -0.2) is 38.1 Å². The van der Waals surface area contributed by atoms with Gasteiger partial charge in [0.15, 0.2) is 0 Å². The minimum absolute atomic E-state index is 0.234. The van der Waals surface area contributed by atoms with Crippen molar-refractivity contribution >= 4 is 10.0 Å². The quantitative estimate of drug-likeness (QED) is 0.910. The summed E-state index contributed by atoms with van der Waals surface area (Å²) in [5, 5.41) is 2.97. The van der Waals surface area contributed by atoms with Crippen molar-refractivity contribution in [1.82, 2.24) is 9.62 Å². The van der Waals surface area contributed by atoms with Crippen molar-refractivity contribution in [2.75, 3.05) is 20.1 Å². The second kappa shape index (κ2) is 6.03. The molecule has 0 aromatic heterocycles. The van der Waals surface area contributed by atoms with Crippen LogP contribution >= 0.6 is 0 Å². The zero-order valence-electron chi connectivity index (χ0n) is 11.6. The summed E-state index contributed by atoms with van der Waals surface area (Å²) in [6, 6.07) is 7.93. The first kappa shape index (κ1) is 14.5. The van der Waals surface area contributed by atoms with Gasteiger partial charge in [0.25, 0.3) is 0 Å². The van der Waals surface area contributed by atoms with Crippen LogP contribution in [0.2, 0.25) is 0 Å². The molecule has 19 heavy (non-hydrogen) atoms. The van der Waals surface area contributed by atoms with Gasteiger partial charge in [-0.3, -0.25) is 0 Å². The van der Waals surface area contributed by atoms with Gasteiger partial charge in [-0.25, -0.2) is 12.7 Å². The van der Waals surface area contributed by atoms with E-state index < -0.39 is 10.0 Å². The first-order valence-corrected chi connectivity index (χ1v) is 8.22. The van der Waals surface area contributed by atoms with Crippen molar-refractivity contribution < 1.29 is 8.42 Å². The van der Waals surface area contributed by atoms with Crippen LogP contribution in [0, 0.1) is 6.92 Å². The van der Waals surface area contributed by atoms with Crippen LogP contribution in [0.3, 0.4) is 0 Å². The Morgan fingerprint density at radius 1 is 1.26 bits per heavy atom. The molecule has 0 spiro atoms. The number of nitrogens with zero attached hydrogens (tertiary/aromatic N) is 1. The standard InChI is InChI=1S/C14H22N2O2S/c1-12-5-3-4-6-13(12)11-16(2)19(17,18)14-7-9-15-10-8-14/h3-6,14-15H,7-11H2,1-2H3. The fourth-order valence-electron chi connectivity index (χ4n) is 2.47. The molecule has 0 radical (unpaired) electrons. The van der Waals surface area contributed by atoms with E-state index in [4.69, 9.17) is 0 Å². The zero-order chi connectivity index (χ0) is 13.9. The van der Waals surface area contributed by atoms with Gasteiger partial charge in [0, 0.05) is 13.6 Å². The van der Waals surface area contributed by atoms with E-state index >= 15 is 0 Å². The van der Waals surface area contributed by atoms with Crippen LogP contribution in [0.25, 0.3) is 0 Å². The van der Waals surface area contributed by atoms with Crippen LogP contribution in [0.4, 0.5) is 0 Å². The van der Waals surface area contributed by atoms with Crippen LogP contribution < -0.4 is 5.32 Å². The molecule has 106 valence electrons. The number of rotatable bonds is 4. The van der Waals surface area contributed by atoms with Crippen LogP contribution in [-0.2, 0) is 16.6 Å². The van der Waals surface area contributed by atoms with Gasteiger partial charge < -0.3 is 5.32 Å². The molecule has 0 amide bonds. The van der Waals surface area contributed by atoms with E-state index in [1.807, 2.05) is 31.2 Å².